The molecule has 0 spiro atoms. The number of Topliss-reactive ketones (excluding diaryl/α,β-unsaturated/α-hetero) is 1. The lowest BCUT2D eigenvalue weighted by Crippen LogP contribution is -2.12. The fourth-order valence-corrected chi connectivity index (χ4v) is 1.49. The number of ether oxygens (including phenoxy) is 1. The van der Waals surface area contributed by atoms with Crippen LogP contribution in [-0.2, 0) is 9.53 Å². The Morgan fingerprint density at radius 2 is 1.89 bits per heavy atom. The molecule has 0 amide bonds. The number of benzene rings is 1. The van der Waals surface area contributed by atoms with Crippen molar-refractivity contribution in [3.8, 4) is 0 Å². The number of carboxylic acids is 1. The van der Waals surface area contributed by atoms with Gasteiger partial charge in [0.05, 0.1) is 0 Å². The summed E-state index contributed by atoms with van der Waals surface area (Å²) >= 11 is 0. The molecule has 1 atom stereocenters. The molecule has 0 aliphatic carbocycles. The number of carbonyl (C=O) groups excluding carboxylic acids is 1. The third kappa shape index (κ3) is 4.81. The molecule has 0 radical (unpaired) electrons. The first-order chi connectivity index (χ1) is 9.06. The predicted molar refractivity (Wildman–Crippen MR) is 69.1 cm³/mol. The van der Waals surface area contributed by atoms with Crippen molar-refractivity contribution in [1.29, 1.82) is 0 Å². The zero-order valence-electron chi connectivity index (χ0n) is 10.8. The number of unbranched alkanes of at least 4 members (excludes halogenated alkanes) is 1. The second-order valence-electron chi connectivity index (χ2n) is 4.19. The molecule has 19 heavy (non-hydrogen) atoms. The van der Waals surface area contributed by atoms with Crippen LogP contribution in [0.2, 0.25) is 0 Å². The van der Waals surface area contributed by atoms with Crippen LogP contribution in [-0.4, -0.2) is 35.2 Å². The summed E-state index contributed by atoms with van der Waals surface area (Å²) in [7, 11) is 0. The van der Waals surface area contributed by atoms with E-state index in [2.05, 4.69) is 0 Å². The lowest BCUT2D eigenvalue weighted by molar-refractivity contribution is -0.146. The second-order valence-corrected chi connectivity index (χ2v) is 4.19. The van der Waals surface area contributed by atoms with E-state index in [1.165, 1.54) is 24.3 Å². The van der Waals surface area contributed by atoms with E-state index in [-0.39, 0.29) is 18.0 Å². The Kier molecular flexibility index (Phi) is 6.18. The third-order valence-electron chi connectivity index (χ3n) is 2.66. The number of hydrogen-bond acceptors (Lipinski definition) is 4. The monoisotopic (exact) mass is 266 g/mol. The highest BCUT2D eigenvalue weighted by atomic mass is 16.5. The Balaban J connectivity index is 2.56. The van der Waals surface area contributed by atoms with Crippen molar-refractivity contribution < 1.29 is 24.5 Å². The van der Waals surface area contributed by atoms with Crippen LogP contribution in [0.3, 0.4) is 0 Å². The van der Waals surface area contributed by atoms with Gasteiger partial charge in [0.25, 0.3) is 0 Å². The largest absolute Gasteiger partial charge is 0.479 e. The van der Waals surface area contributed by atoms with Gasteiger partial charge in [-0.15, -0.1) is 0 Å². The number of rotatable bonds is 8. The van der Waals surface area contributed by atoms with Crippen LogP contribution in [0.5, 0.6) is 0 Å². The van der Waals surface area contributed by atoms with Crippen LogP contribution in [0.1, 0.15) is 41.8 Å². The second kappa shape index (κ2) is 7.66. The first-order valence-corrected chi connectivity index (χ1v) is 6.18. The molecule has 0 saturated carbocycles. The highest BCUT2D eigenvalue weighted by molar-refractivity contribution is 5.97. The van der Waals surface area contributed by atoms with Crippen LogP contribution in [0.15, 0.2) is 24.3 Å². The van der Waals surface area contributed by atoms with Crippen LogP contribution in [0.4, 0.5) is 0 Å². The topological polar surface area (TPSA) is 83.8 Å². The number of aliphatic hydroxyl groups excluding tert-OH is 1. The number of carbonyl (C=O) groups is 2. The van der Waals surface area contributed by atoms with Gasteiger partial charge in [0.15, 0.2) is 11.9 Å². The van der Waals surface area contributed by atoms with Gasteiger partial charge in [-0.3, -0.25) is 4.79 Å². The number of aliphatic carboxylic acids is 1. The van der Waals surface area contributed by atoms with E-state index in [9.17, 15) is 14.7 Å². The smallest absolute Gasteiger partial charge is 0.337 e. The summed E-state index contributed by atoms with van der Waals surface area (Å²) in [6.07, 6.45) is 0.359. The van der Waals surface area contributed by atoms with Gasteiger partial charge in [-0.2, -0.15) is 0 Å². The first-order valence-electron chi connectivity index (χ1n) is 6.18. The minimum atomic E-state index is -1.56. The van der Waals surface area contributed by atoms with Gasteiger partial charge < -0.3 is 14.9 Å². The Hall–Kier alpha value is -1.72. The highest BCUT2D eigenvalue weighted by Crippen LogP contribution is 2.14. The summed E-state index contributed by atoms with van der Waals surface area (Å²) in [4.78, 5) is 22.3. The summed E-state index contributed by atoms with van der Waals surface area (Å²) < 4.78 is 5.21. The molecule has 2 N–H and O–H groups in total. The maximum atomic E-state index is 11.7. The van der Waals surface area contributed by atoms with Gasteiger partial charge >= 0.3 is 5.97 Å². The Bertz CT molecular complexity index is 424. The molecule has 0 bridgehead atoms. The van der Waals surface area contributed by atoms with Crippen molar-refractivity contribution in [1.82, 2.24) is 0 Å². The average molecular weight is 266 g/mol. The van der Waals surface area contributed by atoms with Gasteiger partial charge in [-0.05, 0) is 12.0 Å². The molecule has 0 aliphatic heterocycles. The van der Waals surface area contributed by atoms with Crippen molar-refractivity contribution in [2.24, 2.45) is 0 Å². The van der Waals surface area contributed by atoms with Gasteiger partial charge in [0.2, 0.25) is 0 Å². The van der Waals surface area contributed by atoms with Gasteiger partial charge in [-0.25, -0.2) is 4.79 Å². The van der Waals surface area contributed by atoms with E-state index in [1.54, 1.807) is 0 Å². The summed E-state index contributed by atoms with van der Waals surface area (Å²) in [6, 6.07) is 5.84. The van der Waals surface area contributed by atoms with E-state index in [4.69, 9.17) is 9.84 Å². The molecule has 0 saturated heterocycles. The van der Waals surface area contributed by atoms with Crippen LogP contribution >= 0.6 is 0 Å². The molecule has 5 nitrogen and oxygen atoms in total. The lowest BCUT2D eigenvalue weighted by Gasteiger charge is -2.07. The molecule has 0 heterocycles. The molecule has 1 unspecified atom stereocenters. The Morgan fingerprint density at radius 1 is 1.26 bits per heavy atom. The molecule has 1 rings (SSSR count). The van der Waals surface area contributed by atoms with Gasteiger partial charge in [0, 0.05) is 12.2 Å². The standard InChI is InChI=1S/C14H18O5/c1-2-3-8-19-9-12(15)10-4-6-11(7-5-10)13(16)14(17)18/h4-7,13,16H,2-3,8-9H2,1H3,(H,17,18). The zero-order valence-corrected chi connectivity index (χ0v) is 10.8. The van der Waals surface area contributed by atoms with Crippen molar-refractivity contribution in [2.45, 2.75) is 25.9 Å². The molecular formula is C14H18O5. The zero-order chi connectivity index (χ0) is 14.3. The van der Waals surface area contributed by atoms with E-state index in [0.29, 0.717) is 12.2 Å². The normalized spacial score (nSPS) is 12.1. The molecule has 0 aromatic heterocycles. The molecule has 1 aromatic carbocycles. The fourth-order valence-electron chi connectivity index (χ4n) is 1.49. The maximum absolute atomic E-state index is 11.7. The molecule has 5 heteroatoms. The molecule has 104 valence electrons. The summed E-state index contributed by atoms with van der Waals surface area (Å²) in [5, 5.41) is 18.0. The maximum Gasteiger partial charge on any atom is 0.337 e. The van der Waals surface area contributed by atoms with E-state index < -0.39 is 12.1 Å². The summed E-state index contributed by atoms with van der Waals surface area (Å²) in [5.41, 5.74) is 0.689. The number of hydrogen-bond donors (Lipinski definition) is 2. The number of carboxylic acid groups (broad SMARTS) is 1. The van der Waals surface area contributed by atoms with E-state index in [1.807, 2.05) is 6.92 Å². The van der Waals surface area contributed by atoms with Crippen LogP contribution < -0.4 is 0 Å². The molecule has 0 aliphatic rings. The lowest BCUT2D eigenvalue weighted by atomic mass is 10.1. The Labute approximate surface area is 111 Å². The number of aliphatic hydroxyl groups is 1. The first kappa shape index (κ1) is 15.3. The minimum absolute atomic E-state index is 0.0147. The minimum Gasteiger partial charge on any atom is -0.479 e. The van der Waals surface area contributed by atoms with Crippen molar-refractivity contribution in [2.75, 3.05) is 13.2 Å². The highest BCUT2D eigenvalue weighted by Gasteiger charge is 2.16. The van der Waals surface area contributed by atoms with Crippen LogP contribution in [0.25, 0.3) is 0 Å². The van der Waals surface area contributed by atoms with Crippen LogP contribution in [0, 0.1) is 0 Å². The van der Waals surface area contributed by atoms with Gasteiger partial charge in [-0.1, -0.05) is 37.6 Å². The van der Waals surface area contributed by atoms with Crippen molar-refractivity contribution >= 4 is 11.8 Å². The van der Waals surface area contributed by atoms with E-state index in [0.717, 1.165) is 12.8 Å². The van der Waals surface area contributed by atoms with Crippen molar-refractivity contribution in [3.05, 3.63) is 35.4 Å². The fraction of sp³-hybridized carbons (Fsp3) is 0.429. The summed E-state index contributed by atoms with van der Waals surface area (Å²) in [5.74, 6) is -1.48. The average Bonchev–Trinajstić information content (AvgIpc) is 2.42. The van der Waals surface area contributed by atoms with Gasteiger partial charge in [0.1, 0.15) is 6.61 Å². The molecule has 0 fully saturated rings. The molecular weight excluding hydrogens is 248 g/mol. The SMILES string of the molecule is CCCCOCC(=O)c1ccc(C(O)C(=O)O)cc1. The number of ketones is 1. The summed E-state index contributed by atoms with van der Waals surface area (Å²) in [6.45, 7) is 2.61. The molecule has 1 aromatic rings. The Morgan fingerprint density at radius 3 is 2.42 bits per heavy atom. The predicted octanol–water partition coefficient (Wildman–Crippen LogP) is 1.80. The van der Waals surface area contributed by atoms with E-state index >= 15 is 0 Å². The third-order valence-corrected chi connectivity index (χ3v) is 2.66. The van der Waals surface area contributed by atoms with Crippen molar-refractivity contribution in [3.63, 3.8) is 0 Å². The quantitative estimate of drug-likeness (QED) is 0.553.